The highest BCUT2D eigenvalue weighted by Gasteiger charge is 2.21. The molecule has 3 aromatic carbocycles. The van der Waals surface area contributed by atoms with Gasteiger partial charge < -0.3 is 9.47 Å². The van der Waals surface area contributed by atoms with Crippen molar-refractivity contribution in [2.24, 2.45) is 0 Å². The third-order valence-corrected chi connectivity index (χ3v) is 6.95. The Balaban J connectivity index is 1.92. The predicted molar refractivity (Wildman–Crippen MR) is 114 cm³/mol. The Labute approximate surface area is 179 Å². The minimum Gasteiger partial charge on any atom is -0.497 e. The first-order valence-corrected chi connectivity index (χ1v) is 11.7. The molecule has 0 aromatic heterocycles. The summed E-state index contributed by atoms with van der Waals surface area (Å²) in [6.45, 7) is 0. The van der Waals surface area contributed by atoms with Crippen molar-refractivity contribution >= 4 is 31.4 Å². The van der Waals surface area contributed by atoms with Crippen molar-refractivity contribution in [1.82, 2.24) is 0 Å². The van der Waals surface area contributed by atoms with Gasteiger partial charge >= 0.3 is 0 Å². The number of nitrogens with one attached hydrogen (secondary N) is 2. The van der Waals surface area contributed by atoms with E-state index in [0.717, 1.165) is 30.3 Å². The van der Waals surface area contributed by atoms with Crippen LogP contribution in [0.4, 0.5) is 15.8 Å². The fourth-order valence-corrected chi connectivity index (χ4v) is 4.77. The van der Waals surface area contributed by atoms with Gasteiger partial charge in [0.05, 0.1) is 29.7 Å². The number of hydrogen-bond donors (Lipinski definition) is 2. The van der Waals surface area contributed by atoms with Gasteiger partial charge in [0.15, 0.2) is 0 Å². The number of ether oxygens (including phenoxy) is 2. The van der Waals surface area contributed by atoms with Crippen LogP contribution in [-0.2, 0) is 20.0 Å². The van der Waals surface area contributed by atoms with Crippen LogP contribution in [0.5, 0.6) is 11.5 Å². The van der Waals surface area contributed by atoms with Gasteiger partial charge in [0.25, 0.3) is 20.0 Å². The molecule has 0 atom stereocenters. The Morgan fingerprint density at radius 3 is 1.87 bits per heavy atom. The fraction of sp³-hybridized carbons (Fsp3) is 0.100. The average Bonchev–Trinajstić information content (AvgIpc) is 2.74. The van der Waals surface area contributed by atoms with Crippen molar-refractivity contribution < 1.29 is 30.7 Å². The van der Waals surface area contributed by atoms with E-state index in [1.165, 1.54) is 38.5 Å². The molecule has 2 N–H and O–H groups in total. The van der Waals surface area contributed by atoms with Crippen LogP contribution < -0.4 is 18.9 Å². The molecule has 0 unspecified atom stereocenters. The van der Waals surface area contributed by atoms with Crippen molar-refractivity contribution in [2.45, 2.75) is 9.79 Å². The number of anilines is 2. The Hall–Kier alpha value is -3.31. The third-order valence-electron chi connectivity index (χ3n) is 4.19. The zero-order chi connectivity index (χ0) is 22.6. The van der Waals surface area contributed by atoms with E-state index in [0.29, 0.717) is 11.4 Å². The van der Waals surface area contributed by atoms with Gasteiger partial charge in [-0.1, -0.05) is 0 Å². The fourth-order valence-electron chi connectivity index (χ4n) is 2.62. The molecule has 11 heteroatoms. The SMILES string of the molecule is COc1ccc(NS(=O)(=O)c2ccc(OC)c(NS(=O)(=O)c3ccc(F)cc3)c2)cc1. The smallest absolute Gasteiger partial charge is 0.262 e. The number of hydrogen-bond acceptors (Lipinski definition) is 6. The Bertz CT molecular complexity index is 1280. The first-order valence-electron chi connectivity index (χ1n) is 8.78. The molecule has 0 saturated heterocycles. The second kappa shape index (κ2) is 8.82. The Kier molecular flexibility index (Phi) is 6.37. The maximum absolute atomic E-state index is 13.1. The van der Waals surface area contributed by atoms with Gasteiger partial charge in [0.1, 0.15) is 17.3 Å². The molecular weight excluding hydrogens is 447 g/mol. The minimum absolute atomic E-state index is 0.0931. The summed E-state index contributed by atoms with van der Waals surface area (Å²) in [5, 5.41) is 0. The number of halogens is 1. The van der Waals surface area contributed by atoms with Crippen molar-refractivity contribution in [3.63, 3.8) is 0 Å². The molecule has 0 spiro atoms. The van der Waals surface area contributed by atoms with E-state index in [2.05, 4.69) is 9.44 Å². The summed E-state index contributed by atoms with van der Waals surface area (Å²) in [7, 11) is -5.35. The predicted octanol–water partition coefficient (Wildman–Crippen LogP) is 3.44. The maximum atomic E-state index is 13.1. The molecule has 3 aromatic rings. The molecule has 0 fully saturated rings. The van der Waals surface area contributed by atoms with Crippen molar-refractivity contribution in [3.8, 4) is 11.5 Å². The van der Waals surface area contributed by atoms with Gasteiger partial charge in [-0.15, -0.1) is 0 Å². The highest BCUT2D eigenvalue weighted by atomic mass is 32.2. The summed E-state index contributed by atoms with van der Waals surface area (Å²) < 4.78 is 78.8. The standard InChI is InChI=1S/C20H19FN2O6S2/c1-28-16-7-5-15(6-8-16)22-31(26,27)18-11-12-20(29-2)19(13-18)23-30(24,25)17-9-3-14(21)4-10-17/h3-13,22-23H,1-2H3. The molecule has 0 aliphatic heterocycles. The van der Waals surface area contributed by atoms with Gasteiger partial charge in [-0.25, -0.2) is 21.2 Å². The first-order chi connectivity index (χ1) is 14.6. The highest BCUT2D eigenvalue weighted by Crippen LogP contribution is 2.30. The normalized spacial score (nSPS) is 11.6. The lowest BCUT2D eigenvalue weighted by Crippen LogP contribution is -2.16. The van der Waals surface area contributed by atoms with Crippen LogP contribution in [0.2, 0.25) is 0 Å². The van der Waals surface area contributed by atoms with Gasteiger partial charge in [0, 0.05) is 5.69 Å². The summed E-state index contributed by atoms with van der Waals surface area (Å²) in [6.07, 6.45) is 0. The number of sulfonamides is 2. The van der Waals surface area contributed by atoms with Gasteiger partial charge in [-0.3, -0.25) is 9.44 Å². The van der Waals surface area contributed by atoms with E-state index in [4.69, 9.17) is 9.47 Å². The molecule has 0 aliphatic carbocycles. The summed E-state index contributed by atoms with van der Waals surface area (Å²) in [6, 6.07) is 14.2. The summed E-state index contributed by atoms with van der Waals surface area (Å²) >= 11 is 0. The zero-order valence-corrected chi connectivity index (χ0v) is 18.1. The monoisotopic (exact) mass is 466 g/mol. The molecule has 3 rings (SSSR count). The summed E-state index contributed by atoms with van der Waals surface area (Å²) in [4.78, 5) is -0.388. The van der Waals surface area contributed by atoms with E-state index in [1.807, 2.05) is 0 Å². The van der Waals surface area contributed by atoms with Crippen LogP contribution in [0.1, 0.15) is 0 Å². The second-order valence-corrected chi connectivity index (χ2v) is 9.62. The molecule has 0 aliphatic rings. The Morgan fingerprint density at radius 2 is 1.29 bits per heavy atom. The summed E-state index contributed by atoms with van der Waals surface area (Å²) in [5.74, 6) is 0.0770. The van der Waals surface area contributed by atoms with Crippen LogP contribution in [0, 0.1) is 5.82 Å². The maximum Gasteiger partial charge on any atom is 0.262 e. The average molecular weight is 467 g/mol. The molecule has 0 saturated carbocycles. The number of methoxy groups -OCH3 is 2. The second-order valence-electron chi connectivity index (χ2n) is 6.26. The molecule has 0 bridgehead atoms. The van der Waals surface area contributed by atoms with Crippen LogP contribution in [0.15, 0.2) is 76.5 Å². The molecule has 0 radical (unpaired) electrons. The van der Waals surface area contributed by atoms with Gasteiger partial charge in [-0.2, -0.15) is 0 Å². The minimum atomic E-state index is -4.12. The van der Waals surface area contributed by atoms with Crippen molar-refractivity contribution in [3.05, 3.63) is 72.5 Å². The molecule has 164 valence electrons. The lowest BCUT2D eigenvalue weighted by Gasteiger charge is -2.14. The highest BCUT2D eigenvalue weighted by molar-refractivity contribution is 7.93. The van der Waals surface area contributed by atoms with Crippen LogP contribution in [-0.4, -0.2) is 31.1 Å². The quantitative estimate of drug-likeness (QED) is 0.526. The molecule has 0 amide bonds. The van der Waals surface area contributed by atoms with Crippen LogP contribution in [0.3, 0.4) is 0 Å². The van der Waals surface area contributed by atoms with E-state index in [1.54, 1.807) is 12.1 Å². The van der Waals surface area contributed by atoms with Crippen LogP contribution in [0.25, 0.3) is 0 Å². The molecule has 0 heterocycles. The van der Waals surface area contributed by atoms with E-state index < -0.39 is 25.9 Å². The van der Waals surface area contributed by atoms with E-state index >= 15 is 0 Å². The summed E-state index contributed by atoms with van der Waals surface area (Å²) in [5.41, 5.74) is 0.203. The first kappa shape index (κ1) is 22.4. The Morgan fingerprint density at radius 1 is 0.710 bits per heavy atom. The van der Waals surface area contributed by atoms with Gasteiger partial charge in [-0.05, 0) is 66.7 Å². The number of rotatable bonds is 8. The third kappa shape index (κ3) is 5.25. The number of benzene rings is 3. The molecule has 8 nitrogen and oxygen atoms in total. The van der Waals surface area contributed by atoms with Crippen LogP contribution >= 0.6 is 0 Å². The van der Waals surface area contributed by atoms with E-state index in [-0.39, 0.29) is 21.2 Å². The topological polar surface area (TPSA) is 111 Å². The molecular formula is C20H19FN2O6S2. The van der Waals surface area contributed by atoms with Crippen molar-refractivity contribution in [2.75, 3.05) is 23.7 Å². The molecule has 31 heavy (non-hydrogen) atoms. The van der Waals surface area contributed by atoms with E-state index in [9.17, 15) is 21.2 Å². The lowest BCUT2D eigenvalue weighted by atomic mass is 10.3. The largest absolute Gasteiger partial charge is 0.497 e. The lowest BCUT2D eigenvalue weighted by molar-refractivity contribution is 0.415. The van der Waals surface area contributed by atoms with Crippen molar-refractivity contribution in [1.29, 1.82) is 0 Å². The van der Waals surface area contributed by atoms with Gasteiger partial charge in [0.2, 0.25) is 0 Å². The zero-order valence-electron chi connectivity index (χ0n) is 16.5.